The molecule has 0 unspecified atom stereocenters. The number of unbranched alkanes of at least 4 members (excludes halogenated alkanes) is 1. The molecule has 1 aromatic carbocycles. The average molecular weight is 218 g/mol. The smallest absolute Gasteiger partial charge is 0.0389 e. The fourth-order valence-electron chi connectivity index (χ4n) is 2.04. The lowest BCUT2D eigenvalue weighted by molar-refractivity contribution is 0.713. The SMILES string of the molecule is CCCCN(c1ccc(C)c(N)c1)C1CC1. The molecule has 16 heavy (non-hydrogen) atoms. The summed E-state index contributed by atoms with van der Waals surface area (Å²) in [5.74, 6) is 0. The van der Waals surface area contributed by atoms with Crippen LogP contribution in [0.5, 0.6) is 0 Å². The van der Waals surface area contributed by atoms with E-state index >= 15 is 0 Å². The molecule has 2 nitrogen and oxygen atoms in total. The summed E-state index contributed by atoms with van der Waals surface area (Å²) in [5, 5.41) is 0. The topological polar surface area (TPSA) is 29.3 Å². The molecule has 1 aliphatic rings. The third-order valence-corrected chi connectivity index (χ3v) is 3.33. The van der Waals surface area contributed by atoms with E-state index in [9.17, 15) is 0 Å². The summed E-state index contributed by atoms with van der Waals surface area (Å²) >= 11 is 0. The molecular formula is C14H22N2. The van der Waals surface area contributed by atoms with Crippen molar-refractivity contribution in [3.63, 3.8) is 0 Å². The van der Waals surface area contributed by atoms with Crippen molar-refractivity contribution in [2.24, 2.45) is 0 Å². The molecule has 2 N–H and O–H groups in total. The summed E-state index contributed by atoms with van der Waals surface area (Å²) in [6.07, 6.45) is 5.21. The largest absolute Gasteiger partial charge is 0.398 e. The van der Waals surface area contributed by atoms with Gasteiger partial charge in [0.05, 0.1) is 0 Å². The van der Waals surface area contributed by atoms with Gasteiger partial charge in [-0.3, -0.25) is 0 Å². The van der Waals surface area contributed by atoms with Gasteiger partial charge in [0.15, 0.2) is 0 Å². The first-order valence-electron chi connectivity index (χ1n) is 6.35. The number of anilines is 2. The Balaban J connectivity index is 2.14. The summed E-state index contributed by atoms with van der Waals surface area (Å²) in [5.41, 5.74) is 9.38. The predicted octanol–water partition coefficient (Wildman–Crippen LogP) is 3.35. The lowest BCUT2D eigenvalue weighted by atomic mass is 10.1. The molecule has 0 bridgehead atoms. The number of hydrogen-bond acceptors (Lipinski definition) is 2. The Hall–Kier alpha value is -1.18. The van der Waals surface area contributed by atoms with E-state index in [-0.39, 0.29) is 0 Å². The second kappa shape index (κ2) is 4.77. The highest BCUT2D eigenvalue weighted by Crippen LogP contribution is 2.33. The van der Waals surface area contributed by atoms with Crippen LogP contribution in [0.1, 0.15) is 38.2 Å². The minimum absolute atomic E-state index is 0.772. The van der Waals surface area contributed by atoms with Crippen molar-refractivity contribution in [2.75, 3.05) is 17.2 Å². The summed E-state index contributed by atoms with van der Waals surface area (Å²) in [4.78, 5) is 2.53. The third-order valence-electron chi connectivity index (χ3n) is 3.33. The van der Waals surface area contributed by atoms with Gasteiger partial charge in [-0.15, -0.1) is 0 Å². The van der Waals surface area contributed by atoms with E-state index in [0.29, 0.717) is 0 Å². The molecule has 0 saturated heterocycles. The van der Waals surface area contributed by atoms with E-state index in [0.717, 1.165) is 11.7 Å². The normalized spacial score (nSPS) is 15.1. The maximum absolute atomic E-state index is 5.98. The molecule has 0 aliphatic heterocycles. The van der Waals surface area contributed by atoms with E-state index in [1.807, 2.05) is 0 Å². The summed E-state index contributed by atoms with van der Waals surface area (Å²) in [6, 6.07) is 7.24. The molecule has 88 valence electrons. The van der Waals surface area contributed by atoms with Gasteiger partial charge in [-0.25, -0.2) is 0 Å². The van der Waals surface area contributed by atoms with Gasteiger partial charge in [-0.1, -0.05) is 19.4 Å². The minimum Gasteiger partial charge on any atom is -0.398 e. The molecular weight excluding hydrogens is 196 g/mol. The van der Waals surface area contributed by atoms with Crippen LogP contribution < -0.4 is 10.6 Å². The van der Waals surface area contributed by atoms with Gasteiger partial charge in [0.1, 0.15) is 0 Å². The van der Waals surface area contributed by atoms with E-state index in [2.05, 4.69) is 36.9 Å². The molecule has 0 aromatic heterocycles. The molecule has 2 rings (SSSR count). The van der Waals surface area contributed by atoms with E-state index in [4.69, 9.17) is 5.73 Å². The zero-order valence-corrected chi connectivity index (χ0v) is 10.4. The fourth-order valence-corrected chi connectivity index (χ4v) is 2.04. The second-order valence-electron chi connectivity index (χ2n) is 4.82. The van der Waals surface area contributed by atoms with Crippen molar-refractivity contribution >= 4 is 11.4 Å². The van der Waals surface area contributed by atoms with Crippen LogP contribution in [0.3, 0.4) is 0 Å². The number of nitrogens with two attached hydrogens (primary N) is 1. The zero-order chi connectivity index (χ0) is 11.5. The van der Waals surface area contributed by atoms with Crippen molar-refractivity contribution in [1.29, 1.82) is 0 Å². The van der Waals surface area contributed by atoms with Crippen LogP contribution >= 0.6 is 0 Å². The van der Waals surface area contributed by atoms with Crippen molar-refractivity contribution < 1.29 is 0 Å². The molecule has 0 heterocycles. The Morgan fingerprint density at radius 3 is 2.69 bits per heavy atom. The van der Waals surface area contributed by atoms with Crippen LogP contribution in [0.15, 0.2) is 18.2 Å². The Bertz CT molecular complexity index is 356. The van der Waals surface area contributed by atoms with Crippen molar-refractivity contribution in [2.45, 2.75) is 45.6 Å². The molecule has 1 saturated carbocycles. The summed E-state index contributed by atoms with van der Waals surface area (Å²) < 4.78 is 0. The molecule has 2 heteroatoms. The van der Waals surface area contributed by atoms with Crippen LogP contribution in [0, 0.1) is 6.92 Å². The van der Waals surface area contributed by atoms with Crippen molar-refractivity contribution in [3.8, 4) is 0 Å². The number of nitrogens with zero attached hydrogens (tertiary/aromatic N) is 1. The van der Waals surface area contributed by atoms with Gasteiger partial charge in [0.2, 0.25) is 0 Å². The first kappa shape index (κ1) is 11.3. The van der Waals surface area contributed by atoms with Crippen LogP contribution in [0.4, 0.5) is 11.4 Å². The lowest BCUT2D eigenvalue weighted by Crippen LogP contribution is -2.26. The van der Waals surface area contributed by atoms with E-state index in [1.54, 1.807) is 0 Å². The van der Waals surface area contributed by atoms with Crippen LogP contribution in [0.25, 0.3) is 0 Å². The Morgan fingerprint density at radius 1 is 1.38 bits per heavy atom. The van der Waals surface area contributed by atoms with Crippen LogP contribution in [-0.4, -0.2) is 12.6 Å². The van der Waals surface area contributed by atoms with Crippen molar-refractivity contribution in [3.05, 3.63) is 23.8 Å². The average Bonchev–Trinajstić information content (AvgIpc) is 3.08. The van der Waals surface area contributed by atoms with Crippen LogP contribution in [0.2, 0.25) is 0 Å². The number of aryl methyl sites for hydroxylation is 1. The lowest BCUT2D eigenvalue weighted by Gasteiger charge is -2.25. The van der Waals surface area contributed by atoms with Crippen LogP contribution in [-0.2, 0) is 0 Å². The Kier molecular flexibility index (Phi) is 3.37. The monoisotopic (exact) mass is 218 g/mol. The first-order chi connectivity index (χ1) is 7.72. The molecule has 0 amide bonds. The molecule has 0 spiro atoms. The summed E-state index contributed by atoms with van der Waals surface area (Å²) in [7, 11) is 0. The maximum atomic E-state index is 5.98. The first-order valence-corrected chi connectivity index (χ1v) is 6.35. The van der Waals surface area contributed by atoms with E-state index < -0.39 is 0 Å². The highest BCUT2D eigenvalue weighted by molar-refractivity contribution is 5.60. The van der Waals surface area contributed by atoms with Gasteiger partial charge < -0.3 is 10.6 Å². The number of hydrogen-bond donors (Lipinski definition) is 1. The molecule has 1 aliphatic carbocycles. The Morgan fingerprint density at radius 2 is 2.12 bits per heavy atom. The van der Waals surface area contributed by atoms with E-state index in [1.165, 1.54) is 43.5 Å². The number of benzene rings is 1. The predicted molar refractivity (Wildman–Crippen MR) is 70.9 cm³/mol. The maximum Gasteiger partial charge on any atom is 0.0389 e. The van der Waals surface area contributed by atoms with Gasteiger partial charge in [-0.2, -0.15) is 0 Å². The van der Waals surface area contributed by atoms with Gasteiger partial charge in [0, 0.05) is 24.0 Å². The molecule has 0 radical (unpaired) electrons. The second-order valence-corrected chi connectivity index (χ2v) is 4.82. The highest BCUT2D eigenvalue weighted by Gasteiger charge is 2.28. The quantitative estimate of drug-likeness (QED) is 0.768. The van der Waals surface area contributed by atoms with Crippen molar-refractivity contribution in [1.82, 2.24) is 0 Å². The fraction of sp³-hybridized carbons (Fsp3) is 0.571. The molecule has 0 atom stereocenters. The molecule has 1 fully saturated rings. The zero-order valence-electron chi connectivity index (χ0n) is 10.4. The number of nitrogen functional groups attached to an aromatic ring is 1. The minimum atomic E-state index is 0.772. The van der Waals surface area contributed by atoms with Gasteiger partial charge >= 0.3 is 0 Å². The highest BCUT2D eigenvalue weighted by atomic mass is 15.2. The Labute approximate surface area is 98.4 Å². The van der Waals surface area contributed by atoms with Gasteiger partial charge in [-0.05, 0) is 43.9 Å². The standard InChI is InChI=1S/C14H22N2/c1-3-4-9-16(12-7-8-12)13-6-5-11(2)14(15)10-13/h5-6,10,12H,3-4,7-9,15H2,1-2H3. The third kappa shape index (κ3) is 2.49. The number of rotatable bonds is 5. The van der Waals surface area contributed by atoms with Gasteiger partial charge in [0.25, 0.3) is 0 Å². The summed E-state index contributed by atoms with van der Waals surface area (Å²) in [6.45, 7) is 5.48. The molecule has 1 aromatic rings.